The fourth-order valence-electron chi connectivity index (χ4n) is 0.987. The molecule has 1 unspecified atom stereocenters. The summed E-state index contributed by atoms with van der Waals surface area (Å²) in [6.45, 7) is 1.79. The van der Waals surface area contributed by atoms with Crippen LogP contribution >= 0.6 is 11.8 Å². The van der Waals surface area contributed by atoms with E-state index in [1.165, 1.54) is 18.1 Å². The van der Waals surface area contributed by atoms with E-state index in [1.807, 2.05) is 0 Å². The number of nitrogens with one attached hydrogen (secondary N) is 2. The number of likely N-dealkylation sites (N-methyl/N-ethyl adjacent to an activating group) is 1. The number of amides is 1. The summed E-state index contributed by atoms with van der Waals surface area (Å²) in [5, 5.41) is 10.1. The van der Waals surface area contributed by atoms with Gasteiger partial charge in [0.2, 0.25) is 5.91 Å². The maximum atomic E-state index is 11.2. The van der Waals surface area contributed by atoms with Crippen LogP contribution in [0.15, 0.2) is 11.5 Å². The highest BCUT2D eigenvalue weighted by Crippen LogP contribution is 2.17. The van der Waals surface area contributed by atoms with Gasteiger partial charge in [0, 0.05) is 5.75 Å². The van der Waals surface area contributed by atoms with Gasteiger partial charge >= 0.3 is 0 Å². The van der Waals surface area contributed by atoms with Crippen molar-refractivity contribution in [1.82, 2.24) is 20.5 Å². The minimum Gasteiger partial charge on any atom is -0.368 e. The fourth-order valence-corrected chi connectivity index (χ4v) is 1.93. The maximum Gasteiger partial charge on any atom is 0.237 e. The summed E-state index contributed by atoms with van der Waals surface area (Å²) < 4.78 is 0. The van der Waals surface area contributed by atoms with Crippen LogP contribution in [0.3, 0.4) is 0 Å². The van der Waals surface area contributed by atoms with Crippen molar-refractivity contribution < 1.29 is 4.79 Å². The number of H-pyrrole nitrogens is 1. The standard InChI is InChI=1S/C8H15N5OS/c1-8(10-2,6(9)14)3-4-15-7-11-5-12-13-7/h5,10H,3-4H2,1-2H3,(H2,9,14)(H,11,12,13). The number of hydrogen-bond acceptors (Lipinski definition) is 5. The summed E-state index contributed by atoms with van der Waals surface area (Å²) in [6, 6.07) is 0. The second kappa shape index (κ2) is 5.13. The molecule has 7 heteroatoms. The quantitative estimate of drug-likeness (QED) is 0.584. The van der Waals surface area contributed by atoms with Crippen LogP contribution in [0.1, 0.15) is 13.3 Å². The van der Waals surface area contributed by atoms with E-state index in [9.17, 15) is 4.79 Å². The molecule has 0 aliphatic heterocycles. The Morgan fingerprint density at radius 2 is 2.53 bits per heavy atom. The van der Waals surface area contributed by atoms with E-state index < -0.39 is 5.54 Å². The molecule has 0 spiro atoms. The first-order chi connectivity index (χ1) is 7.08. The van der Waals surface area contributed by atoms with Gasteiger partial charge < -0.3 is 11.1 Å². The molecule has 1 amide bonds. The molecule has 1 aromatic rings. The monoisotopic (exact) mass is 229 g/mol. The Morgan fingerprint density at radius 1 is 1.80 bits per heavy atom. The van der Waals surface area contributed by atoms with Crippen molar-refractivity contribution in [2.75, 3.05) is 12.8 Å². The third-order valence-electron chi connectivity index (χ3n) is 2.33. The van der Waals surface area contributed by atoms with Crippen molar-refractivity contribution in [3.63, 3.8) is 0 Å². The largest absolute Gasteiger partial charge is 0.368 e. The van der Waals surface area contributed by atoms with E-state index in [0.717, 1.165) is 10.9 Å². The maximum absolute atomic E-state index is 11.2. The molecule has 84 valence electrons. The van der Waals surface area contributed by atoms with E-state index in [-0.39, 0.29) is 5.91 Å². The van der Waals surface area contributed by atoms with Gasteiger partial charge in [0.25, 0.3) is 0 Å². The minimum atomic E-state index is -0.660. The second-order valence-corrected chi connectivity index (χ2v) is 4.42. The van der Waals surface area contributed by atoms with E-state index in [1.54, 1.807) is 14.0 Å². The Labute approximate surface area is 92.4 Å². The van der Waals surface area contributed by atoms with Gasteiger partial charge in [-0.25, -0.2) is 4.98 Å². The van der Waals surface area contributed by atoms with Gasteiger partial charge in [-0.05, 0) is 20.4 Å². The lowest BCUT2D eigenvalue weighted by Gasteiger charge is -2.24. The first-order valence-electron chi connectivity index (χ1n) is 4.55. The highest BCUT2D eigenvalue weighted by atomic mass is 32.2. The number of primary amides is 1. The fraction of sp³-hybridized carbons (Fsp3) is 0.625. The summed E-state index contributed by atoms with van der Waals surface area (Å²) >= 11 is 1.51. The molecular weight excluding hydrogens is 214 g/mol. The number of nitrogens with zero attached hydrogens (tertiary/aromatic N) is 2. The van der Waals surface area contributed by atoms with E-state index in [2.05, 4.69) is 20.5 Å². The molecule has 4 N–H and O–H groups in total. The number of carbonyl (C=O) groups excluding carboxylic acids is 1. The predicted octanol–water partition coefficient (Wildman–Crippen LogP) is -0.250. The van der Waals surface area contributed by atoms with Gasteiger partial charge in [-0.2, -0.15) is 5.10 Å². The number of aromatic nitrogens is 3. The summed E-state index contributed by atoms with van der Waals surface area (Å²) in [6.07, 6.45) is 2.10. The van der Waals surface area contributed by atoms with Gasteiger partial charge in [0.15, 0.2) is 5.16 Å². The van der Waals surface area contributed by atoms with Crippen LogP contribution in [0.25, 0.3) is 0 Å². The molecule has 0 aliphatic rings. The molecule has 1 heterocycles. The van der Waals surface area contributed by atoms with Crippen molar-refractivity contribution in [2.45, 2.75) is 24.0 Å². The van der Waals surface area contributed by atoms with Gasteiger partial charge in [0.05, 0.1) is 5.54 Å². The van der Waals surface area contributed by atoms with Crippen LogP contribution in [-0.2, 0) is 4.79 Å². The molecule has 0 bridgehead atoms. The molecule has 0 aliphatic carbocycles. The Bertz CT molecular complexity index is 315. The van der Waals surface area contributed by atoms with Crippen molar-refractivity contribution in [3.8, 4) is 0 Å². The van der Waals surface area contributed by atoms with Crippen molar-refractivity contribution in [1.29, 1.82) is 0 Å². The van der Waals surface area contributed by atoms with Crippen LogP contribution in [0.4, 0.5) is 0 Å². The molecular formula is C8H15N5OS. The average Bonchev–Trinajstić information content (AvgIpc) is 2.70. The molecule has 0 saturated carbocycles. The van der Waals surface area contributed by atoms with Crippen LogP contribution < -0.4 is 11.1 Å². The predicted molar refractivity (Wildman–Crippen MR) is 58.4 cm³/mol. The SMILES string of the molecule is CNC(C)(CCSc1ncn[nH]1)C(N)=O. The lowest BCUT2D eigenvalue weighted by atomic mass is 9.99. The van der Waals surface area contributed by atoms with E-state index in [4.69, 9.17) is 5.73 Å². The van der Waals surface area contributed by atoms with Crippen LogP contribution in [-0.4, -0.2) is 39.4 Å². The zero-order chi connectivity index (χ0) is 11.3. The number of carbonyl (C=O) groups is 1. The minimum absolute atomic E-state index is 0.344. The second-order valence-electron chi connectivity index (χ2n) is 3.34. The van der Waals surface area contributed by atoms with Gasteiger partial charge in [-0.15, -0.1) is 0 Å². The highest BCUT2D eigenvalue weighted by Gasteiger charge is 2.28. The van der Waals surface area contributed by atoms with Gasteiger partial charge in [-0.3, -0.25) is 9.89 Å². The number of aromatic amines is 1. The smallest absolute Gasteiger partial charge is 0.237 e. The van der Waals surface area contributed by atoms with Gasteiger partial charge in [0.1, 0.15) is 6.33 Å². The summed E-state index contributed by atoms with van der Waals surface area (Å²) in [5.41, 5.74) is 4.63. The van der Waals surface area contributed by atoms with Crippen molar-refractivity contribution >= 4 is 17.7 Å². The lowest BCUT2D eigenvalue weighted by molar-refractivity contribution is -0.123. The first kappa shape index (κ1) is 12.0. The zero-order valence-corrected chi connectivity index (χ0v) is 9.60. The topological polar surface area (TPSA) is 96.7 Å². The van der Waals surface area contributed by atoms with Crippen LogP contribution in [0, 0.1) is 0 Å². The Balaban J connectivity index is 2.38. The summed E-state index contributed by atoms with van der Waals surface area (Å²) in [5.74, 6) is 0.401. The molecule has 15 heavy (non-hydrogen) atoms. The Morgan fingerprint density at radius 3 is 3.00 bits per heavy atom. The molecule has 1 atom stereocenters. The number of nitrogens with two attached hydrogens (primary N) is 1. The zero-order valence-electron chi connectivity index (χ0n) is 8.78. The molecule has 1 aromatic heterocycles. The summed E-state index contributed by atoms with van der Waals surface area (Å²) in [4.78, 5) is 15.1. The third kappa shape index (κ3) is 3.21. The molecule has 1 rings (SSSR count). The number of hydrogen-bond donors (Lipinski definition) is 3. The lowest BCUT2D eigenvalue weighted by Crippen LogP contribution is -2.51. The molecule has 6 nitrogen and oxygen atoms in total. The van der Waals surface area contributed by atoms with E-state index in [0.29, 0.717) is 6.42 Å². The van der Waals surface area contributed by atoms with Crippen LogP contribution in [0.2, 0.25) is 0 Å². The Kier molecular flexibility index (Phi) is 4.10. The third-order valence-corrected chi connectivity index (χ3v) is 3.21. The molecule has 0 fully saturated rings. The highest BCUT2D eigenvalue weighted by molar-refractivity contribution is 7.99. The average molecular weight is 229 g/mol. The molecule has 0 aromatic carbocycles. The first-order valence-corrected chi connectivity index (χ1v) is 5.54. The molecule has 0 radical (unpaired) electrons. The molecule has 0 saturated heterocycles. The van der Waals surface area contributed by atoms with E-state index >= 15 is 0 Å². The Hall–Kier alpha value is -1.08. The number of rotatable bonds is 6. The summed E-state index contributed by atoms with van der Waals surface area (Å²) in [7, 11) is 1.73. The van der Waals surface area contributed by atoms with Crippen LogP contribution in [0.5, 0.6) is 0 Å². The van der Waals surface area contributed by atoms with Crippen molar-refractivity contribution in [3.05, 3.63) is 6.33 Å². The number of thioether (sulfide) groups is 1. The normalized spacial score (nSPS) is 14.8. The van der Waals surface area contributed by atoms with Gasteiger partial charge in [-0.1, -0.05) is 11.8 Å². The van der Waals surface area contributed by atoms with Crippen molar-refractivity contribution in [2.24, 2.45) is 5.73 Å².